The maximum absolute atomic E-state index is 5.53. The van der Waals surface area contributed by atoms with Crippen molar-refractivity contribution in [1.29, 1.82) is 0 Å². The van der Waals surface area contributed by atoms with Gasteiger partial charge in [0.2, 0.25) is 0 Å². The van der Waals surface area contributed by atoms with E-state index < -0.39 is 0 Å². The molecule has 0 spiro atoms. The highest BCUT2D eigenvalue weighted by atomic mass is 79.9. The van der Waals surface area contributed by atoms with E-state index in [0.717, 1.165) is 21.2 Å². The summed E-state index contributed by atoms with van der Waals surface area (Å²) in [5.74, 6) is 0.852. The molecule has 0 N–H and O–H groups in total. The lowest BCUT2D eigenvalue weighted by Crippen LogP contribution is -1.62. The largest absolute Gasteiger partial charge is 0.457 e. The molecule has 13 heavy (non-hydrogen) atoms. The summed E-state index contributed by atoms with van der Waals surface area (Å²) in [6.07, 6.45) is 1.87. The molecular formula is C10H6Br2O. The highest BCUT2D eigenvalue weighted by molar-refractivity contribution is 9.11. The van der Waals surface area contributed by atoms with E-state index >= 15 is 0 Å². The SMILES string of the molecule is Br/C=C/c1cc2cc(Br)ccc2o1. The lowest BCUT2D eigenvalue weighted by atomic mass is 10.2. The molecule has 66 valence electrons. The minimum absolute atomic E-state index is 0.852. The van der Waals surface area contributed by atoms with E-state index in [1.54, 1.807) is 4.99 Å². The van der Waals surface area contributed by atoms with E-state index in [9.17, 15) is 0 Å². The van der Waals surface area contributed by atoms with Crippen LogP contribution < -0.4 is 0 Å². The Morgan fingerprint density at radius 2 is 2.08 bits per heavy atom. The van der Waals surface area contributed by atoms with Gasteiger partial charge < -0.3 is 4.42 Å². The monoisotopic (exact) mass is 300 g/mol. The highest BCUT2D eigenvalue weighted by Crippen LogP contribution is 2.23. The summed E-state index contributed by atoms with van der Waals surface area (Å²) in [4.78, 5) is 1.78. The Hall–Kier alpha value is -0.540. The predicted octanol–water partition coefficient (Wildman–Crippen LogP) is 4.56. The summed E-state index contributed by atoms with van der Waals surface area (Å²) >= 11 is 6.62. The zero-order chi connectivity index (χ0) is 9.26. The molecule has 0 aliphatic heterocycles. The average molecular weight is 302 g/mol. The molecular weight excluding hydrogens is 296 g/mol. The van der Waals surface area contributed by atoms with Gasteiger partial charge >= 0.3 is 0 Å². The first-order chi connectivity index (χ1) is 6.29. The fourth-order valence-electron chi connectivity index (χ4n) is 1.18. The maximum atomic E-state index is 5.53. The molecule has 0 unspecified atom stereocenters. The molecule has 1 aromatic heterocycles. The topological polar surface area (TPSA) is 13.1 Å². The predicted molar refractivity (Wildman–Crippen MR) is 61.9 cm³/mol. The van der Waals surface area contributed by atoms with E-state index in [-0.39, 0.29) is 0 Å². The summed E-state index contributed by atoms with van der Waals surface area (Å²) in [6.45, 7) is 0. The molecule has 0 radical (unpaired) electrons. The Kier molecular flexibility index (Phi) is 2.56. The fourth-order valence-corrected chi connectivity index (χ4v) is 1.82. The number of benzene rings is 1. The van der Waals surface area contributed by atoms with Gasteiger partial charge in [0, 0.05) is 9.86 Å². The molecule has 1 aromatic carbocycles. The van der Waals surface area contributed by atoms with Crippen LogP contribution in [0.2, 0.25) is 0 Å². The number of hydrogen-bond acceptors (Lipinski definition) is 1. The number of halogens is 2. The summed E-state index contributed by atoms with van der Waals surface area (Å²) in [5, 5.41) is 1.11. The first kappa shape index (κ1) is 9.03. The summed E-state index contributed by atoms with van der Waals surface area (Å²) in [6, 6.07) is 7.95. The van der Waals surface area contributed by atoms with Crippen LogP contribution in [-0.4, -0.2) is 0 Å². The van der Waals surface area contributed by atoms with Gasteiger partial charge in [-0.3, -0.25) is 0 Å². The van der Waals surface area contributed by atoms with Crippen molar-refractivity contribution in [3.63, 3.8) is 0 Å². The van der Waals surface area contributed by atoms with Gasteiger partial charge in [0.25, 0.3) is 0 Å². The molecule has 0 aliphatic rings. The Morgan fingerprint density at radius 1 is 1.23 bits per heavy atom. The van der Waals surface area contributed by atoms with Crippen LogP contribution in [-0.2, 0) is 0 Å². The maximum Gasteiger partial charge on any atom is 0.134 e. The van der Waals surface area contributed by atoms with Crippen LogP contribution in [0.5, 0.6) is 0 Å². The lowest BCUT2D eigenvalue weighted by molar-refractivity contribution is 0.604. The summed E-state index contributed by atoms with van der Waals surface area (Å²) < 4.78 is 6.59. The van der Waals surface area contributed by atoms with E-state index in [1.807, 2.05) is 30.3 Å². The lowest BCUT2D eigenvalue weighted by Gasteiger charge is -1.87. The van der Waals surface area contributed by atoms with Crippen LogP contribution in [0.4, 0.5) is 0 Å². The first-order valence-corrected chi connectivity index (χ1v) is 5.46. The van der Waals surface area contributed by atoms with Gasteiger partial charge in [0.05, 0.1) is 0 Å². The zero-order valence-electron chi connectivity index (χ0n) is 6.63. The average Bonchev–Trinajstić information content (AvgIpc) is 2.46. The van der Waals surface area contributed by atoms with Crippen molar-refractivity contribution in [2.24, 2.45) is 0 Å². The second-order valence-electron chi connectivity index (χ2n) is 2.62. The molecule has 1 nitrogen and oxygen atoms in total. The van der Waals surface area contributed by atoms with Gasteiger partial charge in [-0.1, -0.05) is 31.9 Å². The molecule has 0 saturated carbocycles. The van der Waals surface area contributed by atoms with Crippen molar-refractivity contribution in [3.8, 4) is 0 Å². The third kappa shape index (κ3) is 1.86. The molecule has 1 heterocycles. The van der Waals surface area contributed by atoms with Gasteiger partial charge in [-0.2, -0.15) is 0 Å². The van der Waals surface area contributed by atoms with Gasteiger partial charge in [-0.25, -0.2) is 0 Å². The van der Waals surface area contributed by atoms with Crippen molar-refractivity contribution < 1.29 is 4.42 Å². The van der Waals surface area contributed by atoms with E-state index in [0.29, 0.717) is 0 Å². The standard InChI is InChI=1S/C10H6Br2O/c11-4-3-9-6-7-5-8(12)1-2-10(7)13-9/h1-6H/b4-3+. The number of furan rings is 1. The van der Waals surface area contributed by atoms with Crippen LogP contribution in [0.3, 0.4) is 0 Å². The van der Waals surface area contributed by atoms with Gasteiger partial charge in [-0.15, -0.1) is 0 Å². The van der Waals surface area contributed by atoms with Gasteiger partial charge in [0.15, 0.2) is 0 Å². The van der Waals surface area contributed by atoms with Gasteiger partial charge in [0.1, 0.15) is 11.3 Å². The molecule has 3 heteroatoms. The third-order valence-electron chi connectivity index (χ3n) is 1.72. The third-order valence-corrected chi connectivity index (χ3v) is 2.48. The van der Waals surface area contributed by atoms with Crippen LogP contribution in [0.25, 0.3) is 17.0 Å². The molecule has 0 saturated heterocycles. The zero-order valence-corrected chi connectivity index (χ0v) is 9.80. The van der Waals surface area contributed by atoms with Crippen LogP contribution in [0.15, 0.2) is 38.1 Å². The van der Waals surface area contributed by atoms with E-state index in [2.05, 4.69) is 31.9 Å². The van der Waals surface area contributed by atoms with E-state index in [4.69, 9.17) is 4.42 Å². The molecule has 0 amide bonds. The van der Waals surface area contributed by atoms with Crippen LogP contribution in [0.1, 0.15) is 5.76 Å². The Morgan fingerprint density at radius 3 is 2.85 bits per heavy atom. The molecule has 0 atom stereocenters. The van der Waals surface area contributed by atoms with Crippen LogP contribution >= 0.6 is 31.9 Å². The molecule has 2 aromatic rings. The van der Waals surface area contributed by atoms with Gasteiger partial charge in [-0.05, 0) is 35.3 Å². The molecule has 0 aliphatic carbocycles. The fraction of sp³-hybridized carbons (Fsp3) is 0. The van der Waals surface area contributed by atoms with Crippen molar-refractivity contribution in [3.05, 3.63) is 39.5 Å². The number of hydrogen-bond donors (Lipinski definition) is 0. The molecule has 2 rings (SSSR count). The molecule has 0 fully saturated rings. The first-order valence-electron chi connectivity index (χ1n) is 3.75. The Bertz CT molecular complexity index is 457. The minimum atomic E-state index is 0.852. The highest BCUT2D eigenvalue weighted by Gasteiger charge is 2.00. The minimum Gasteiger partial charge on any atom is -0.457 e. The second-order valence-corrected chi connectivity index (χ2v) is 4.07. The Balaban J connectivity index is 2.62. The van der Waals surface area contributed by atoms with Crippen molar-refractivity contribution in [2.75, 3.05) is 0 Å². The quantitative estimate of drug-likeness (QED) is 0.752. The normalized spacial score (nSPS) is 11.5. The number of rotatable bonds is 1. The number of fused-ring (bicyclic) bond motifs is 1. The van der Waals surface area contributed by atoms with Crippen molar-refractivity contribution in [2.45, 2.75) is 0 Å². The van der Waals surface area contributed by atoms with Crippen molar-refractivity contribution in [1.82, 2.24) is 0 Å². The smallest absolute Gasteiger partial charge is 0.134 e. The Labute approximate surface area is 92.7 Å². The van der Waals surface area contributed by atoms with E-state index in [1.165, 1.54) is 0 Å². The second kappa shape index (κ2) is 3.68. The van der Waals surface area contributed by atoms with Crippen LogP contribution in [0, 0.1) is 0 Å². The summed E-state index contributed by atoms with van der Waals surface area (Å²) in [5.41, 5.74) is 0.906. The van der Waals surface area contributed by atoms with Crippen molar-refractivity contribution >= 4 is 48.9 Å². The molecule has 0 bridgehead atoms. The summed E-state index contributed by atoms with van der Waals surface area (Å²) in [7, 11) is 0.